The van der Waals surface area contributed by atoms with Crippen LogP contribution >= 0.6 is 18.9 Å². The van der Waals surface area contributed by atoms with Crippen LogP contribution in [0.15, 0.2) is 54.6 Å². The number of nitrogens with zero attached hydrogens (tertiary/aromatic N) is 1. The summed E-state index contributed by atoms with van der Waals surface area (Å²) >= 11 is 1.23. The van der Waals surface area contributed by atoms with Gasteiger partial charge in [-0.05, 0) is 47.7 Å². The Labute approximate surface area is 211 Å². The van der Waals surface area contributed by atoms with Gasteiger partial charge in [0.05, 0.1) is 24.2 Å². The molecule has 1 aliphatic rings. The number of fused-ring (bicyclic) bond motifs is 1. The van der Waals surface area contributed by atoms with E-state index in [0.29, 0.717) is 22.2 Å². The molecule has 0 saturated carbocycles. The molecule has 1 amide bonds. The SMILES string of the molecule is CCCCOC(=O)[C@@H]1CC(F)(F)CN1P(=O)(Cc1ccc2sc(C(N)=O)cc2c1)Oc1ccccc1. The number of nitrogens with two attached hydrogens (primary N) is 1. The molecule has 3 aromatic rings. The second kappa shape index (κ2) is 10.7. The molecule has 0 bridgehead atoms. The molecular formula is C25H27F2N2O5PS. The number of rotatable bonds is 10. The van der Waals surface area contributed by atoms with Crippen LogP contribution in [0.2, 0.25) is 0 Å². The molecule has 192 valence electrons. The first-order valence-corrected chi connectivity index (χ1v) is 14.2. The summed E-state index contributed by atoms with van der Waals surface area (Å²) in [5.74, 6) is -4.39. The number of benzene rings is 2. The molecule has 1 aromatic heterocycles. The predicted molar refractivity (Wildman–Crippen MR) is 135 cm³/mol. The lowest BCUT2D eigenvalue weighted by Gasteiger charge is -2.31. The number of carbonyl (C=O) groups excluding carboxylic acids is 2. The van der Waals surface area contributed by atoms with Gasteiger partial charge in [0.2, 0.25) is 0 Å². The highest BCUT2D eigenvalue weighted by Crippen LogP contribution is 2.59. The van der Waals surface area contributed by atoms with Crippen LogP contribution in [0.25, 0.3) is 10.1 Å². The number of carbonyl (C=O) groups is 2. The van der Waals surface area contributed by atoms with Gasteiger partial charge in [-0.15, -0.1) is 11.3 Å². The van der Waals surface area contributed by atoms with Crippen LogP contribution in [-0.2, 0) is 20.3 Å². The zero-order valence-electron chi connectivity index (χ0n) is 19.7. The van der Waals surface area contributed by atoms with Crippen molar-refractivity contribution in [2.24, 2.45) is 5.73 Å². The molecule has 7 nitrogen and oxygen atoms in total. The highest BCUT2D eigenvalue weighted by molar-refractivity contribution is 7.56. The van der Waals surface area contributed by atoms with Crippen molar-refractivity contribution < 1.29 is 32.2 Å². The van der Waals surface area contributed by atoms with Gasteiger partial charge in [-0.2, -0.15) is 0 Å². The van der Waals surface area contributed by atoms with Gasteiger partial charge >= 0.3 is 13.5 Å². The standard InChI is InChI=1S/C25H27F2N2O5PS/c1-2-3-11-33-24(31)20-14-25(26,27)16-29(20)35(32,34-19-7-5-4-6-8-19)15-17-9-10-21-18(12-17)13-22(36-21)23(28)30/h4-10,12-13,20H,2-3,11,14-16H2,1H3,(H2,28,30)/t20-,35?/m0/s1. The van der Waals surface area contributed by atoms with E-state index in [2.05, 4.69) is 0 Å². The molecule has 0 aliphatic carbocycles. The monoisotopic (exact) mass is 536 g/mol. The number of amides is 1. The van der Waals surface area contributed by atoms with E-state index in [1.807, 2.05) is 6.92 Å². The van der Waals surface area contributed by atoms with Crippen molar-refractivity contribution in [1.82, 2.24) is 4.67 Å². The average molecular weight is 537 g/mol. The molecule has 1 fully saturated rings. The topological polar surface area (TPSA) is 98.9 Å². The van der Waals surface area contributed by atoms with Crippen molar-refractivity contribution in [3.05, 3.63) is 65.0 Å². The molecule has 0 radical (unpaired) electrons. The smallest absolute Gasteiger partial charge is 0.324 e. The Morgan fingerprint density at radius 3 is 2.64 bits per heavy atom. The number of thiophene rings is 1. The highest BCUT2D eigenvalue weighted by Gasteiger charge is 2.56. The van der Waals surface area contributed by atoms with Gasteiger partial charge in [0, 0.05) is 11.1 Å². The second-order valence-electron chi connectivity index (χ2n) is 8.74. The van der Waals surface area contributed by atoms with E-state index in [1.54, 1.807) is 54.6 Å². The number of ether oxygens (including phenoxy) is 1. The van der Waals surface area contributed by atoms with E-state index < -0.39 is 44.3 Å². The summed E-state index contributed by atoms with van der Waals surface area (Å²) < 4.78 is 56.6. The fraction of sp³-hybridized carbons (Fsp3) is 0.360. The maximum atomic E-state index is 14.6. The van der Waals surface area contributed by atoms with E-state index >= 15 is 0 Å². The largest absolute Gasteiger partial charge is 0.465 e. The third kappa shape index (κ3) is 5.94. The maximum absolute atomic E-state index is 14.6. The van der Waals surface area contributed by atoms with Crippen LogP contribution in [0.1, 0.15) is 41.4 Å². The fourth-order valence-electron chi connectivity index (χ4n) is 4.10. The van der Waals surface area contributed by atoms with Crippen molar-refractivity contribution in [2.45, 2.75) is 44.3 Å². The van der Waals surface area contributed by atoms with Gasteiger partial charge in [-0.25, -0.2) is 13.5 Å². The van der Waals surface area contributed by atoms with Crippen molar-refractivity contribution in [3.63, 3.8) is 0 Å². The van der Waals surface area contributed by atoms with Crippen molar-refractivity contribution in [1.29, 1.82) is 0 Å². The summed E-state index contributed by atoms with van der Waals surface area (Å²) in [6.07, 6.45) is 0.344. The van der Waals surface area contributed by atoms with Crippen LogP contribution in [0.4, 0.5) is 8.78 Å². The van der Waals surface area contributed by atoms with Crippen LogP contribution in [-0.4, -0.2) is 41.7 Å². The lowest BCUT2D eigenvalue weighted by Crippen LogP contribution is -2.37. The molecule has 2 aromatic carbocycles. The molecular weight excluding hydrogens is 509 g/mol. The summed E-state index contributed by atoms with van der Waals surface area (Å²) in [6.45, 7) is 1.13. The average Bonchev–Trinajstić information content (AvgIpc) is 3.40. The van der Waals surface area contributed by atoms with Gasteiger partial charge in [0.15, 0.2) is 0 Å². The molecule has 36 heavy (non-hydrogen) atoms. The Bertz CT molecular complexity index is 1300. The number of halogens is 2. The normalized spacial score (nSPS) is 19.1. The Kier molecular flexibility index (Phi) is 7.78. The molecule has 1 unspecified atom stereocenters. The molecule has 1 saturated heterocycles. The van der Waals surface area contributed by atoms with E-state index in [-0.39, 0.29) is 18.5 Å². The third-order valence-electron chi connectivity index (χ3n) is 5.85. The Morgan fingerprint density at radius 2 is 1.94 bits per heavy atom. The van der Waals surface area contributed by atoms with Gasteiger partial charge in [0.25, 0.3) is 11.8 Å². The number of unbranched alkanes of at least 4 members (excludes halogenated alkanes) is 1. The summed E-state index contributed by atoms with van der Waals surface area (Å²) in [7, 11) is -4.07. The quantitative estimate of drug-likeness (QED) is 0.199. The van der Waals surface area contributed by atoms with Gasteiger partial charge in [-0.3, -0.25) is 14.2 Å². The molecule has 2 heterocycles. The van der Waals surface area contributed by atoms with Crippen LogP contribution in [0.5, 0.6) is 5.75 Å². The lowest BCUT2D eigenvalue weighted by atomic mass is 10.2. The molecule has 0 spiro atoms. The van der Waals surface area contributed by atoms with Crippen LogP contribution < -0.4 is 10.3 Å². The molecule has 2 N–H and O–H groups in total. The zero-order chi connectivity index (χ0) is 25.9. The number of esters is 1. The number of para-hydroxylation sites is 1. The summed E-state index contributed by atoms with van der Waals surface area (Å²) in [6, 6.07) is 13.7. The minimum Gasteiger partial charge on any atom is -0.465 e. The molecule has 1 aliphatic heterocycles. The maximum Gasteiger partial charge on any atom is 0.324 e. The van der Waals surface area contributed by atoms with Crippen LogP contribution in [0.3, 0.4) is 0 Å². The Balaban J connectivity index is 1.70. The Morgan fingerprint density at radius 1 is 1.19 bits per heavy atom. The van der Waals surface area contributed by atoms with E-state index in [0.717, 1.165) is 15.8 Å². The first kappa shape index (κ1) is 26.3. The number of primary amides is 1. The number of hydrogen-bond acceptors (Lipinski definition) is 6. The van der Waals surface area contributed by atoms with Gasteiger partial charge < -0.3 is 15.0 Å². The van der Waals surface area contributed by atoms with E-state index in [9.17, 15) is 22.9 Å². The van der Waals surface area contributed by atoms with Crippen molar-refractivity contribution in [3.8, 4) is 5.75 Å². The van der Waals surface area contributed by atoms with E-state index in [1.165, 1.54) is 11.3 Å². The molecule has 4 rings (SSSR count). The fourth-order valence-corrected chi connectivity index (χ4v) is 7.48. The second-order valence-corrected chi connectivity index (χ2v) is 12.1. The van der Waals surface area contributed by atoms with Crippen LogP contribution in [0, 0.1) is 0 Å². The predicted octanol–water partition coefficient (Wildman–Crippen LogP) is 5.83. The van der Waals surface area contributed by atoms with Gasteiger partial charge in [-0.1, -0.05) is 37.6 Å². The zero-order valence-corrected chi connectivity index (χ0v) is 21.4. The number of hydrogen-bond donors (Lipinski definition) is 1. The van der Waals surface area contributed by atoms with E-state index in [4.69, 9.17) is 15.0 Å². The summed E-state index contributed by atoms with van der Waals surface area (Å²) in [4.78, 5) is 24.7. The van der Waals surface area contributed by atoms with Crippen molar-refractivity contribution >= 4 is 40.8 Å². The molecule has 2 atom stereocenters. The minimum absolute atomic E-state index is 0.103. The van der Waals surface area contributed by atoms with Crippen molar-refractivity contribution in [2.75, 3.05) is 13.2 Å². The highest BCUT2D eigenvalue weighted by atomic mass is 32.1. The summed E-state index contributed by atoms with van der Waals surface area (Å²) in [5.41, 5.74) is 5.93. The molecule has 11 heteroatoms. The first-order valence-electron chi connectivity index (χ1n) is 11.6. The minimum atomic E-state index is -4.07. The first-order chi connectivity index (χ1) is 17.1. The number of alkyl halides is 2. The Hall–Kier alpha value is -2.81. The third-order valence-corrected chi connectivity index (χ3v) is 9.44. The summed E-state index contributed by atoms with van der Waals surface area (Å²) in [5, 5.41) is 0.708. The lowest BCUT2D eigenvalue weighted by molar-refractivity contribution is -0.148. The van der Waals surface area contributed by atoms with Gasteiger partial charge in [0.1, 0.15) is 11.8 Å².